The Labute approximate surface area is 229 Å². The van der Waals surface area contributed by atoms with Crippen molar-refractivity contribution in [3.63, 3.8) is 0 Å². The molecular formula is C28H25FN4O6S. The molecule has 0 atom stereocenters. The summed E-state index contributed by atoms with van der Waals surface area (Å²) >= 11 is 0. The molecule has 0 spiro atoms. The van der Waals surface area contributed by atoms with Crippen molar-refractivity contribution >= 4 is 27.7 Å². The van der Waals surface area contributed by atoms with Crippen LogP contribution in [0.5, 0.6) is 11.5 Å². The second kappa shape index (κ2) is 12.3. The van der Waals surface area contributed by atoms with Gasteiger partial charge in [0.2, 0.25) is 5.91 Å². The SMILES string of the molecule is Cc1ccc(S(=O)(=O)/N=c2/ccc(Oc3ccc(NC(=O)OCc4ccccc4)cc3F)cn2CC(N)=O)cc1. The molecule has 0 aliphatic carbocycles. The normalized spacial score (nSPS) is 11.6. The maximum Gasteiger partial charge on any atom is 0.411 e. The molecule has 0 saturated carbocycles. The number of hydrogen-bond acceptors (Lipinski definition) is 6. The van der Waals surface area contributed by atoms with Gasteiger partial charge in [0.25, 0.3) is 10.0 Å². The van der Waals surface area contributed by atoms with Crippen LogP contribution in [0.25, 0.3) is 0 Å². The molecule has 4 rings (SSSR count). The third-order valence-electron chi connectivity index (χ3n) is 5.45. The minimum absolute atomic E-state index is 0.0243. The van der Waals surface area contributed by atoms with Crippen LogP contribution in [0.2, 0.25) is 0 Å². The molecule has 3 aromatic carbocycles. The number of sulfonamides is 1. The average Bonchev–Trinajstić information content (AvgIpc) is 2.91. The van der Waals surface area contributed by atoms with Gasteiger partial charge in [-0.2, -0.15) is 8.42 Å². The van der Waals surface area contributed by atoms with E-state index in [0.717, 1.165) is 17.2 Å². The number of anilines is 1. The van der Waals surface area contributed by atoms with E-state index < -0.39 is 34.4 Å². The molecule has 0 saturated heterocycles. The largest absolute Gasteiger partial charge is 0.453 e. The summed E-state index contributed by atoms with van der Waals surface area (Å²) in [5.41, 5.74) is 7.06. The number of carbonyl (C=O) groups excluding carboxylic acids is 2. The molecule has 206 valence electrons. The van der Waals surface area contributed by atoms with E-state index in [9.17, 15) is 22.4 Å². The minimum atomic E-state index is -4.10. The van der Waals surface area contributed by atoms with Gasteiger partial charge in [0.15, 0.2) is 11.6 Å². The van der Waals surface area contributed by atoms with Crippen molar-refractivity contribution in [3.8, 4) is 11.5 Å². The number of nitrogens with two attached hydrogens (primary N) is 1. The number of halogens is 1. The number of carbonyl (C=O) groups is 2. The fourth-order valence-electron chi connectivity index (χ4n) is 3.50. The predicted molar refractivity (Wildman–Crippen MR) is 144 cm³/mol. The lowest BCUT2D eigenvalue weighted by Gasteiger charge is -2.12. The van der Waals surface area contributed by atoms with E-state index in [1.807, 2.05) is 25.1 Å². The molecule has 0 unspecified atom stereocenters. The van der Waals surface area contributed by atoms with Crippen LogP contribution in [0.3, 0.4) is 0 Å². The van der Waals surface area contributed by atoms with Crippen molar-refractivity contribution < 1.29 is 31.9 Å². The van der Waals surface area contributed by atoms with Crippen molar-refractivity contribution in [3.05, 3.63) is 114 Å². The molecule has 0 bridgehead atoms. The molecule has 1 heterocycles. The van der Waals surface area contributed by atoms with Crippen molar-refractivity contribution in [1.82, 2.24) is 4.57 Å². The van der Waals surface area contributed by atoms with Crippen molar-refractivity contribution in [2.24, 2.45) is 10.1 Å². The van der Waals surface area contributed by atoms with E-state index in [0.29, 0.717) is 0 Å². The molecule has 12 heteroatoms. The Hall–Kier alpha value is -4.97. The summed E-state index contributed by atoms with van der Waals surface area (Å²) in [4.78, 5) is 23.7. The molecule has 0 fully saturated rings. The molecule has 0 aliphatic heterocycles. The minimum Gasteiger partial charge on any atom is -0.453 e. The monoisotopic (exact) mass is 564 g/mol. The zero-order valence-corrected chi connectivity index (χ0v) is 22.1. The zero-order valence-electron chi connectivity index (χ0n) is 21.3. The van der Waals surface area contributed by atoms with Gasteiger partial charge in [-0.3, -0.25) is 10.1 Å². The van der Waals surface area contributed by atoms with E-state index in [4.69, 9.17) is 15.2 Å². The topological polar surface area (TPSA) is 142 Å². The second-order valence-corrected chi connectivity index (χ2v) is 10.2. The Morgan fingerprint density at radius 2 is 1.73 bits per heavy atom. The molecule has 4 aromatic rings. The lowest BCUT2D eigenvalue weighted by atomic mass is 10.2. The van der Waals surface area contributed by atoms with Crippen LogP contribution in [0.1, 0.15) is 11.1 Å². The summed E-state index contributed by atoms with van der Waals surface area (Å²) in [5.74, 6) is -1.66. The summed E-state index contributed by atoms with van der Waals surface area (Å²) in [5, 5.41) is 2.44. The smallest absolute Gasteiger partial charge is 0.411 e. The molecule has 10 nitrogen and oxygen atoms in total. The standard InChI is InChI=1S/C28H25FN4O6S/c1-19-7-11-23(12-8-19)40(36,37)32-27-14-10-22(16-33(27)17-26(30)34)39-25-13-9-21(15-24(25)29)31-28(35)38-18-20-5-3-2-4-6-20/h2-16H,17-18H2,1H3,(H2,30,34)(H,31,35)/b32-27-. The Kier molecular flexibility index (Phi) is 8.60. The number of aromatic nitrogens is 1. The van der Waals surface area contributed by atoms with E-state index in [2.05, 4.69) is 9.71 Å². The maximum absolute atomic E-state index is 14.8. The quantitative estimate of drug-likeness (QED) is 0.311. The van der Waals surface area contributed by atoms with Crippen LogP contribution in [0.15, 0.2) is 100 Å². The molecule has 2 amide bonds. The predicted octanol–water partition coefficient (Wildman–Crippen LogP) is 4.25. The van der Waals surface area contributed by atoms with E-state index in [1.165, 1.54) is 47.2 Å². The molecule has 40 heavy (non-hydrogen) atoms. The first-order chi connectivity index (χ1) is 19.1. The number of primary amides is 1. The highest BCUT2D eigenvalue weighted by atomic mass is 32.2. The fourth-order valence-corrected chi connectivity index (χ4v) is 4.50. The second-order valence-electron chi connectivity index (χ2n) is 8.63. The lowest BCUT2D eigenvalue weighted by molar-refractivity contribution is -0.118. The number of rotatable bonds is 9. The van der Waals surface area contributed by atoms with Crippen molar-refractivity contribution in [2.75, 3.05) is 5.32 Å². The Balaban J connectivity index is 1.51. The summed E-state index contributed by atoms with van der Waals surface area (Å²) < 4.78 is 56.1. The first kappa shape index (κ1) is 28.0. The summed E-state index contributed by atoms with van der Waals surface area (Å²) in [6.45, 7) is 1.47. The fraction of sp³-hybridized carbons (Fsp3) is 0.107. The average molecular weight is 565 g/mol. The summed E-state index contributed by atoms with van der Waals surface area (Å²) in [7, 11) is -4.10. The number of amides is 2. The van der Waals surface area contributed by atoms with Gasteiger partial charge in [0, 0.05) is 18.0 Å². The highest BCUT2D eigenvalue weighted by Crippen LogP contribution is 2.26. The molecule has 3 N–H and O–H groups in total. The molecular weight excluding hydrogens is 539 g/mol. The number of nitrogens with one attached hydrogen (secondary N) is 1. The Morgan fingerprint density at radius 1 is 1.00 bits per heavy atom. The van der Waals surface area contributed by atoms with E-state index in [-0.39, 0.29) is 34.2 Å². The van der Waals surface area contributed by atoms with Gasteiger partial charge in [-0.15, -0.1) is 4.40 Å². The first-order valence-corrected chi connectivity index (χ1v) is 13.3. The Morgan fingerprint density at radius 3 is 2.40 bits per heavy atom. The number of benzene rings is 3. The molecule has 1 aromatic heterocycles. The highest BCUT2D eigenvalue weighted by molar-refractivity contribution is 7.90. The van der Waals surface area contributed by atoms with Crippen LogP contribution in [0.4, 0.5) is 14.9 Å². The number of hydrogen-bond donors (Lipinski definition) is 2. The number of pyridine rings is 1. The maximum atomic E-state index is 14.8. The van der Waals surface area contributed by atoms with Crippen LogP contribution in [-0.4, -0.2) is 25.0 Å². The van der Waals surface area contributed by atoms with E-state index in [1.54, 1.807) is 24.3 Å². The third kappa shape index (κ3) is 7.54. The number of aryl methyl sites for hydroxylation is 1. The Bertz CT molecular complexity index is 1710. The number of ether oxygens (including phenoxy) is 2. The first-order valence-electron chi connectivity index (χ1n) is 11.9. The van der Waals surface area contributed by atoms with Crippen LogP contribution >= 0.6 is 0 Å². The lowest BCUT2D eigenvalue weighted by Crippen LogP contribution is -2.28. The van der Waals surface area contributed by atoms with Gasteiger partial charge in [0.1, 0.15) is 24.4 Å². The van der Waals surface area contributed by atoms with Crippen LogP contribution < -0.4 is 21.3 Å². The zero-order chi connectivity index (χ0) is 28.7. The van der Waals surface area contributed by atoms with Crippen molar-refractivity contribution in [2.45, 2.75) is 25.0 Å². The van der Waals surface area contributed by atoms with Gasteiger partial charge >= 0.3 is 6.09 Å². The van der Waals surface area contributed by atoms with E-state index >= 15 is 0 Å². The van der Waals surface area contributed by atoms with Gasteiger partial charge in [-0.05, 0) is 48.9 Å². The van der Waals surface area contributed by atoms with Crippen molar-refractivity contribution in [1.29, 1.82) is 0 Å². The molecule has 0 aliphatic rings. The van der Waals surface area contributed by atoms with Crippen LogP contribution in [-0.2, 0) is 32.7 Å². The van der Waals surface area contributed by atoms with Gasteiger partial charge < -0.3 is 19.8 Å². The molecule has 0 radical (unpaired) electrons. The highest BCUT2D eigenvalue weighted by Gasteiger charge is 2.14. The number of nitrogens with zero attached hydrogens (tertiary/aromatic N) is 2. The van der Waals surface area contributed by atoms with Gasteiger partial charge in [0.05, 0.1) is 4.90 Å². The van der Waals surface area contributed by atoms with Gasteiger partial charge in [-0.25, -0.2) is 9.18 Å². The summed E-state index contributed by atoms with van der Waals surface area (Å²) in [6, 6.07) is 21.6. The summed E-state index contributed by atoms with van der Waals surface area (Å²) in [6.07, 6.45) is 0.519. The van der Waals surface area contributed by atoms with Crippen LogP contribution in [0, 0.1) is 12.7 Å². The third-order valence-corrected chi connectivity index (χ3v) is 6.75. The van der Waals surface area contributed by atoms with Gasteiger partial charge in [-0.1, -0.05) is 48.0 Å².